The Balaban J connectivity index is 2.18. The summed E-state index contributed by atoms with van der Waals surface area (Å²) in [6.07, 6.45) is 4.51. The van der Waals surface area contributed by atoms with Gasteiger partial charge < -0.3 is 10.1 Å². The fourth-order valence-corrected chi connectivity index (χ4v) is 1.21. The van der Waals surface area contributed by atoms with Crippen LogP contribution in [0.2, 0.25) is 0 Å². The first-order valence-electron chi connectivity index (χ1n) is 5.28. The number of methoxy groups -OCH3 is 1. The van der Waals surface area contributed by atoms with Crippen LogP contribution in [0.3, 0.4) is 0 Å². The van der Waals surface area contributed by atoms with Crippen molar-refractivity contribution in [1.82, 2.24) is 5.32 Å². The van der Waals surface area contributed by atoms with Crippen LogP contribution in [0, 0.1) is 0 Å². The van der Waals surface area contributed by atoms with Gasteiger partial charge in [0.05, 0.1) is 6.10 Å². The van der Waals surface area contributed by atoms with Crippen LogP contribution < -0.4 is 5.32 Å². The molecule has 0 radical (unpaired) electrons. The van der Waals surface area contributed by atoms with Crippen LogP contribution in [0.25, 0.3) is 6.08 Å². The highest BCUT2D eigenvalue weighted by molar-refractivity contribution is 5.48. The summed E-state index contributed by atoms with van der Waals surface area (Å²) in [6.45, 7) is 3.81. The summed E-state index contributed by atoms with van der Waals surface area (Å²) in [5, 5.41) is 3.29. The van der Waals surface area contributed by atoms with Crippen LogP contribution in [0.5, 0.6) is 0 Å². The third kappa shape index (κ3) is 5.35. The van der Waals surface area contributed by atoms with E-state index in [1.54, 1.807) is 7.11 Å². The fourth-order valence-electron chi connectivity index (χ4n) is 1.21. The predicted molar refractivity (Wildman–Crippen MR) is 64.8 cm³/mol. The van der Waals surface area contributed by atoms with E-state index in [-0.39, 0.29) is 6.10 Å². The van der Waals surface area contributed by atoms with Crippen molar-refractivity contribution in [3.8, 4) is 0 Å². The van der Waals surface area contributed by atoms with Gasteiger partial charge in [0, 0.05) is 20.2 Å². The van der Waals surface area contributed by atoms with E-state index in [9.17, 15) is 0 Å². The van der Waals surface area contributed by atoms with E-state index >= 15 is 0 Å². The number of hydrogen-bond donors (Lipinski definition) is 1. The van der Waals surface area contributed by atoms with Gasteiger partial charge in [-0.3, -0.25) is 0 Å². The van der Waals surface area contributed by atoms with E-state index in [0.29, 0.717) is 0 Å². The molecule has 1 unspecified atom stereocenters. The molecule has 1 rings (SSSR count). The summed E-state index contributed by atoms with van der Waals surface area (Å²) in [6, 6.07) is 10.3. The Kier molecular flexibility index (Phi) is 5.74. The van der Waals surface area contributed by atoms with Gasteiger partial charge in [-0.05, 0) is 12.5 Å². The van der Waals surface area contributed by atoms with E-state index in [4.69, 9.17) is 4.74 Å². The molecule has 0 amide bonds. The normalized spacial score (nSPS) is 13.2. The van der Waals surface area contributed by atoms with Crippen molar-refractivity contribution in [3.63, 3.8) is 0 Å². The molecule has 0 bridgehead atoms. The molecule has 0 heterocycles. The third-order valence-electron chi connectivity index (χ3n) is 2.21. The highest BCUT2D eigenvalue weighted by Gasteiger charge is 1.95. The zero-order valence-electron chi connectivity index (χ0n) is 9.44. The maximum absolute atomic E-state index is 5.13. The third-order valence-corrected chi connectivity index (χ3v) is 2.21. The molecule has 0 aliphatic rings. The fraction of sp³-hybridized carbons (Fsp3) is 0.385. The van der Waals surface area contributed by atoms with Gasteiger partial charge in [0.25, 0.3) is 0 Å². The average Bonchev–Trinajstić information content (AvgIpc) is 2.29. The summed E-state index contributed by atoms with van der Waals surface area (Å²) < 4.78 is 5.13. The Morgan fingerprint density at radius 1 is 1.33 bits per heavy atom. The van der Waals surface area contributed by atoms with E-state index in [2.05, 4.69) is 29.6 Å². The highest BCUT2D eigenvalue weighted by Crippen LogP contribution is 1.99. The van der Waals surface area contributed by atoms with Crippen molar-refractivity contribution in [2.24, 2.45) is 0 Å². The number of nitrogens with one attached hydrogen (secondary N) is 1. The molecule has 1 aromatic rings. The van der Waals surface area contributed by atoms with Crippen molar-refractivity contribution < 1.29 is 4.74 Å². The van der Waals surface area contributed by atoms with Gasteiger partial charge in [0.2, 0.25) is 0 Å². The average molecular weight is 205 g/mol. The lowest BCUT2D eigenvalue weighted by Crippen LogP contribution is -2.25. The molecule has 82 valence electrons. The zero-order chi connectivity index (χ0) is 10.9. The zero-order valence-corrected chi connectivity index (χ0v) is 9.44. The number of ether oxygens (including phenoxy) is 1. The van der Waals surface area contributed by atoms with Crippen LogP contribution in [-0.4, -0.2) is 26.3 Å². The molecule has 1 N–H and O–H groups in total. The molecule has 0 saturated heterocycles. The maximum atomic E-state index is 5.13. The standard InChI is InChI=1S/C13H19NO/c1-12(15-2)11-14-10-6-9-13-7-4-3-5-8-13/h3-9,12,14H,10-11H2,1-2H3/b9-6+. The van der Waals surface area contributed by atoms with Crippen LogP contribution in [0.1, 0.15) is 12.5 Å². The van der Waals surface area contributed by atoms with Gasteiger partial charge in [-0.1, -0.05) is 42.5 Å². The largest absolute Gasteiger partial charge is 0.380 e. The van der Waals surface area contributed by atoms with E-state index in [1.165, 1.54) is 5.56 Å². The van der Waals surface area contributed by atoms with Crippen molar-refractivity contribution in [2.75, 3.05) is 20.2 Å². The molecule has 0 saturated carbocycles. The van der Waals surface area contributed by atoms with Gasteiger partial charge in [0.15, 0.2) is 0 Å². The minimum absolute atomic E-state index is 0.273. The van der Waals surface area contributed by atoms with E-state index in [1.807, 2.05) is 25.1 Å². The van der Waals surface area contributed by atoms with Crippen molar-refractivity contribution >= 4 is 6.08 Å². The monoisotopic (exact) mass is 205 g/mol. The molecule has 1 atom stereocenters. The molecule has 0 spiro atoms. The Labute approximate surface area is 92.0 Å². The molecule has 0 fully saturated rings. The second-order valence-corrected chi connectivity index (χ2v) is 3.52. The lowest BCUT2D eigenvalue weighted by Gasteiger charge is -2.08. The summed E-state index contributed by atoms with van der Waals surface area (Å²) in [5.74, 6) is 0. The minimum Gasteiger partial charge on any atom is -0.380 e. The summed E-state index contributed by atoms with van der Waals surface area (Å²) in [4.78, 5) is 0. The molecular formula is C13H19NO. The van der Waals surface area contributed by atoms with Gasteiger partial charge in [-0.25, -0.2) is 0 Å². The van der Waals surface area contributed by atoms with E-state index < -0.39 is 0 Å². The maximum Gasteiger partial charge on any atom is 0.0667 e. The van der Waals surface area contributed by atoms with Crippen LogP contribution in [0.15, 0.2) is 36.4 Å². The van der Waals surface area contributed by atoms with Gasteiger partial charge in [0.1, 0.15) is 0 Å². The minimum atomic E-state index is 0.273. The SMILES string of the molecule is COC(C)CNC/C=C/c1ccccc1. The summed E-state index contributed by atoms with van der Waals surface area (Å²) in [7, 11) is 1.73. The Morgan fingerprint density at radius 2 is 2.07 bits per heavy atom. The smallest absolute Gasteiger partial charge is 0.0667 e. The molecular weight excluding hydrogens is 186 g/mol. The number of rotatable bonds is 6. The summed E-state index contributed by atoms with van der Waals surface area (Å²) >= 11 is 0. The van der Waals surface area contributed by atoms with Gasteiger partial charge >= 0.3 is 0 Å². The molecule has 0 aliphatic heterocycles. The molecule has 1 aromatic carbocycles. The second kappa shape index (κ2) is 7.21. The van der Waals surface area contributed by atoms with Crippen LogP contribution >= 0.6 is 0 Å². The molecule has 2 nitrogen and oxygen atoms in total. The predicted octanol–water partition coefficient (Wildman–Crippen LogP) is 2.32. The van der Waals surface area contributed by atoms with Crippen molar-refractivity contribution in [3.05, 3.63) is 42.0 Å². The first kappa shape index (κ1) is 12.0. The quantitative estimate of drug-likeness (QED) is 0.720. The second-order valence-electron chi connectivity index (χ2n) is 3.52. The lowest BCUT2D eigenvalue weighted by atomic mass is 10.2. The highest BCUT2D eigenvalue weighted by atomic mass is 16.5. The summed E-state index contributed by atoms with van der Waals surface area (Å²) in [5.41, 5.74) is 1.24. The Hall–Kier alpha value is -1.12. The molecule has 2 heteroatoms. The molecule has 15 heavy (non-hydrogen) atoms. The van der Waals surface area contributed by atoms with Gasteiger partial charge in [-0.15, -0.1) is 0 Å². The van der Waals surface area contributed by atoms with Crippen molar-refractivity contribution in [1.29, 1.82) is 0 Å². The number of hydrogen-bond acceptors (Lipinski definition) is 2. The first-order valence-corrected chi connectivity index (χ1v) is 5.28. The van der Waals surface area contributed by atoms with Gasteiger partial charge in [-0.2, -0.15) is 0 Å². The Morgan fingerprint density at radius 3 is 2.73 bits per heavy atom. The molecule has 0 aliphatic carbocycles. The topological polar surface area (TPSA) is 21.3 Å². The number of benzene rings is 1. The first-order chi connectivity index (χ1) is 7.33. The van der Waals surface area contributed by atoms with Crippen LogP contribution in [0.4, 0.5) is 0 Å². The van der Waals surface area contributed by atoms with E-state index in [0.717, 1.165) is 13.1 Å². The van der Waals surface area contributed by atoms with Crippen molar-refractivity contribution in [2.45, 2.75) is 13.0 Å². The molecule has 0 aromatic heterocycles. The van der Waals surface area contributed by atoms with Crippen LogP contribution in [-0.2, 0) is 4.74 Å². The lowest BCUT2D eigenvalue weighted by molar-refractivity contribution is 0.118. The Bertz CT molecular complexity index is 282.